The Morgan fingerprint density at radius 1 is 1.57 bits per heavy atom. The summed E-state index contributed by atoms with van der Waals surface area (Å²) in [6, 6.07) is 1.81. The maximum absolute atomic E-state index is 9.87. The smallest absolute Gasteiger partial charge is 0.286 e. The van der Waals surface area contributed by atoms with Crippen molar-refractivity contribution in [2.24, 2.45) is 4.99 Å². The van der Waals surface area contributed by atoms with Crippen LogP contribution >= 0.6 is 0 Å². The van der Waals surface area contributed by atoms with Crippen LogP contribution in [0.15, 0.2) is 55.1 Å². The van der Waals surface area contributed by atoms with Gasteiger partial charge in [-0.25, -0.2) is 9.56 Å². The van der Waals surface area contributed by atoms with E-state index in [1.807, 2.05) is 0 Å². The van der Waals surface area contributed by atoms with Gasteiger partial charge in [-0.1, -0.05) is 18.1 Å². The van der Waals surface area contributed by atoms with E-state index in [-0.39, 0.29) is 12.3 Å². The van der Waals surface area contributed by atoms with Gasteiger partial charge in [0.2, 0.25) is 0 Å². The van der Waals surface area contributed by atoms with Crippen LogP contribution in [0.5, 0.6) is 0 Å². The third kappa shape index (κ3) is 6.40. The van der Waals surface area contributed by atoms with Crippen LogP contribution in [0.1, 0.15) is 5.69 Å². The first-order valence-electron chi connectivity index (χ1n) is 6.32. The molecule has 1 heterocycles. The number of aliphatic hydroxyl groups excluding tert-OH is 1. The number of aliphatic imine (C=N–C) groups is 1. The van der Waals surface area contributed by atoms with Gasteiger partial charge in [0.15, 0.2) is 6.40 Å². The van der Waals surface area contributed by atoms with E-state index in [1.54, 1.807) is 29.2 Å². The fourth-order valence-electron chi connectivity index (χ4n) is 1.44. The molecule has 6 nitrogen and oxygen atoms in total. The zero-order valence-electron chi connectivity index (χ0n) is 11.7. The Kier molecular flexibility index (Phi) is 7.31. The highest BCUT2D eigenvalue weighted by Crippen LogP contribution is 1.93. The summed E-state index contributed by atoms with van der Waals surface area (Å²) in [6.07, 6.45) is 9.80. The molecule has 0 spiro atoms. The second-order valence-corrected chi connectivity index (χ2v) is 4.08. The summed E-state index contributed by atoms with van der Waals surface area (Å²) in [4.78, 5) is 7.80. The average Bonchev–Trinajstić information content (AvgIpc) is 2.50. The van der Waals surface area contributed by atoms with Crippen molar-refractivity contribution in [3.8, 4) is 0 Å². The van der Waals surface area contributed by atoms with E-state index >= 15 is 0 Å². The van der Waals surface area contributed by atoms with Gasteiger partial charge in [0, 0.05) is 12.3 Å². The third-order valence-corrected chi connectivity index (χ3v) is 2.47. The molecule has 0 saturated heterocycles. The molecule has 1 unspecified atom stereocenters. The number of nitrogens with one attached hydrogen (secondary N) is 1. The first kappa shape index (κ1) is 16.5. The molecular formula is C15H19N4O2+. The van der Waals surface area contributed by atoms with E-state index in [0.29, 0.717) is 6.54 Å². The summed E-state index contributed by atoms with van der Waals surface area (Å²) in [5.41, 5.74) is 1.13. The lowest BCUT2D eigenvalue weighted by Gasteiger charge is -2.09. The molecule has 1 aromatic heterocycles. The van der Waals surface area contributed by atoms with E-state index in [0.717, 1.165) is 5.69 Å². The first-order chi connectivity index (χ1) is 10.2. The highest BCUT2D eigenvalue weighted by atomic mass is 16.5. The molecule has 0 fully saturated rings. The van der Waals surface area contributed by atoms with Gasteiger partial charge in [0.05, 0.1) is 5.71 Å². The molecule has 0 amide bonds. The Balaban J connectivity index is 2.37. The molecule has 1 rings (SSSR count). The highest BCUT2D eigenvalue weighted by Gasteiger charge is 2.11. The Labute approximate surface area is 124 Å². The number of hydrogen-bond acceptors (Lipinski definition) is 5. The number of aromatic nitrogens is 2. The fourth-order valence-corrected chi connectivity index (χ4v) is 1.44. The number of ether oxygens (including phenoxy) is 1. The molecule has 0 aliphatic carbocycles. The van der Waals surface area contributed by atoms with Crippen molar-refractivity contribution in [2.45, 2.75) is 12.6 Å². The minimum atomic E-state index is -0.695. The Morgan fingerprint density at radius 3 is 3.10 bits per heavy atom. The average molecular weight is 287 g/mol. The zero-order chi connectivity index (χ0) is 15.5. The van der Waals surface area contributed by atoms with Crippen LogP contribution in [0, 0.1) is 5.41 Å². The van der Waals surface area contributed by atoms with E-state index in [2.05, 4.69) is 23.1 Å². The minimum absolute atomic E-state index is 0.106. The quantitative estimate of drug-likeness (QED) is 0.406. The standard InChI is InChI=1S/C15H19N4O2/c1-3-13(16)5-7-18-12-21-10-15(20)9-19-11-17-8-6-14(19)4-2/h3-8,11-12,15-16,20H,1-2,9-10H2/q+1/b7-5-,16-13?,18-12?. The molecular weight excluding hydrogens is 268 g/mol. The predicted molar refractivity (Wildman–Crippen MR) is 82.0 cm³/mol. The summed E-state index contributed by atoms with van der Waals surface area (Å²) in [7, 11) is 0. The Bertz CT molecular complexity index is 552. The lowest BCUT2D eigenvalue weighted by molar-refractivity contribution is -0.708. The van der Waals surface area contributed by atoms with Gasteiger partial charge in [0.25, 0.3) is 6.33 Å². The lowest BCUT2D eigenvalue weighted by atomic mass is 10.3. The summed E-state index contributed by atoms with van der Waals surface area (Å²) in [5, 5.41) is 17.1. The number of rotatable bonds is 9. The molecule has 0 bridgehead atoms. The summed E-state index contributed by atoms with van der Waals surface area (Å²) < 4.78 is 6.89. The molecule has 0 aromatic carbocycles. The van der Waals surface area contributed by atoms with Gasteiger partial charge in [0.1, 0.15) is 31.1 Å². The molecule has 0 saturated carbocycles. The van der Waals surface area contributed by atoms with Crippen LogP contribution in [-0.4, -0.2) is 34.9 Å². The summed E-state index contributed by atoms with van der Waals surface area (Å²) >= 11 is 0. The zero-order valence-corrected chi connectivity index (χ0v) is 11.7. The fraction of sp³-hybridized carbons (Fsp3) is 0.200. The number of hydrogen-bond donors (Lipinski definition) is 2. The van der Waals surface area contributed by atoms with Crippen molar-refractivity contribution >= 4 is 18.2 Å². The maximum atomic E-state index is 9.87. The van der Waals surface area contributed by atoms with Gasteiger partial charge in [-0.3, -0.25) is 0 Å². The maximum Gasteiger partial charge on any atom is 0.286 e. The van der Waals surface area contributed by atoms with Crippen LogP contribution in [0.3, 0.4) is 0 Å². The Morgan fingerprint density at radius 2 is 2.38 bits per heavy atom. The lowest BCUT2D eigenvalue weighted by Crippen LogP contribution is -2.44. The topological polar surface area (TPSA) is 82.4 Å². The normalized spacial score (nSPS) is 12.4. The largest absolute Gasteiger partial charge is 0.480 e. The van der Waals surface area contributed by atoms with Crippen LogP contribution in [0.25, 0.3) is 6.08 Å². The second kappa shape index (κ2) is 9.33. The van der Waals surface area contributed by atoms with E-state index < -0.39 is 6.10 Å². The van der Waals surface area contributed by atoms with E-state index in [1.165, 1.54) is 24.8 Å². The van der Waals surface area contributed by atoms with Crippen LogP contribution < -0.4 is 4.57 Å². The van der Waals surface area contributed by atoms with Crippen LogP contribution in [-0.2, 0) is 11.3 Å². The molecule has 21 heavy (non-hydrogen) atoms. The molecule has 1 aromatic rings. The first-order valence-corrected chi connectivity index (χ1v) is 6.32. The van der Waals surface area contributed by atoms with Gasteiger partial charge in [-0.05, 0) is 18.2 Å². The van der Waals surface area contributed by atoms with Crippen molar-refractivity contribution in [1.29, 1.82) is 5.41 Å². The minimum Gasteiger partial charge on any atom is -0.480 e. The van der Waals surface area contributed by atoms with Crippen LogP contribution in [0.4, 0.5) is 0 Å². The number of aliphatic hydroxyl groups is 1. The van der Waals surface area contributed by atoms with Gasteiger partial charge in [-0.2, -0.15) is 0 Å². The monoisotopic (exact) mass is 287 g/mol. The van der Waals surface area contributed by atoms with E-state index in [9.17, 15) is 5.11 Å². The number of nitrogens with zero attached hydrogens (tertiary/aromatic N) is 3. The molecule has 1 atom stereocenters. The van der Waals surface area contributed by atoms with Crippen molar-refractivity contribution < 1.29 is 14.4 Å². The molecule has 0 aliphatic heterocycles. The van der Waals surface area contributed by atoms with Gasteiger partial charge in [-0.15, -0.1) is 0 Å². The van der Waals surface area contributed by atoms with Crippen molar-refractivity contribution in [3.05, 3.63) is 55.8 Å². The van der Waals surface area contributed by atoms with E-state index in [4.69, 9.17) is 10.1 Å². The highest BCUT2D eigenvalue weighted by molar-refractivity contribution is 6.01. The predicted octanol–water partition coefficient (Wildman–Crippen LogP) is 1.14. The number of allylic oxidation sites excluding steroid dienone is 2. The Hall–Kier alpha value is -2.60. The summed E-state index contributed by atoms with van der Waals surface area (Å²) in [6.45, 7) is 7.60. The molecule has 110 valence electrons. The second-order valence-electron chi connectivity index (χ2n) is 4.08. The van der Waals surface area contributed by atoms with Crippen LogP contribution in [0.2, 0.25) is 0 Å². The SMILES string of the molecule is C=CC(=N)/C=C\N=COCC(O)C[n+]1cnccc1C=C. The van der Waals surface area contributed by atoms with Crippen molar-refractivity contribution in [1.82, 2.24) is 4.98 Å². The molecule has 0 aliphatic rings. The van der Waals surface area contributed by atoms with Gasteiger partial charge < -0.3 is 15.3 Å². The third-order valence-electron chi connectivity index (χ3n) is 2.47. The van der Waals surface area contributed by atoms with Gasteiger partial charge >= 0.3 is 0 Å². The molecule has 0 radical (unpaired) electrons. The summed E-state index contributed by atoms with van der Waals surface area (Å²) in [5.74, 6) is 0. The molecule has 6 heteroatoms. The van der Waals surface area contributed by atoms with Crippen molar-refractivity contribution in [2.75, 3.05) is 6.61 Å². The molecule has 2 N–H and O–H groups in total. The van der Waals surface area contributed by atoms with Crippen molar-refractivity contribution in [3.63, 3.8) is 0 Å².